The Hall–Kier alpha value is -2.55. The number of benzene rings is 3. The van der Waals surface area contributed by atoms with Gasteiger partial charge in [0.2, 0.25) is 4.80 Å². The molecule has 1 heterocycles. The van der Waals surface area contributed by atoms with Crippen LogP contribution in [0.2, 0.25) is 0 Å². The molecule has 4 rings (SSSR count). The Morgan fingerprint density at radius 3 is 2.11 bits per heavy atom. The second-order valence-corrected chi connectivity index (χ2v) is 9.26. The average Bonchev–Trinajstić information content (AvgIpc) is 3.13. The highest BCUT2D eigenvalue weighted by molar-refractivity contribution is 9.10. The molecule has 3 aromatic carbocycles. The topological polar surface area (TPSA) is 64.3 Å². The van der Waals surface area contributed by atoms with Crippen LogP contribution in [0.1, 0.15) is 0 Å². The molecule has 0 bridgehead atoms. The zero-order valence-corrected chi connectivity index (χ0v) is 17.7. The van der Waals surface area contributed by atoms with E-state index in [0.717, 1.165) is 15.7 Å². The smallest absolute Gasteiger partial charge is 0.246 e. The third kappa shape index (κ3) is 3.99. The standard InChI is InChI=1S/C20H14BrN3O2S2/c21-16-11-13-18(14-12-16)28(25,26)23-20-22-19(15-7-3-1-4-8-15)24(27-20)17-9-5-2-6-10-17/h1-14H. The van der Waals surface area contributed by atoms with Gasteiger partial charge in [-0.25, -0.2) is 3.96 Å². The Balaban J connectivity index is 1.88. The van der Waals surface area contributed by atoms with E-state index >= 15 is 0 Å². The molecule has 1 aromatic heterocycles. The van der Waals surface area contributed by atoms with Gasteiger partial charge in [-0.1, -0.05) is 64.5 Å². The molecule has 0 amide bonds. The molecule has 140 valence electrons. The first-order chi connectivity index (χ1) is 13.5. The van der Waals surface area contributed by atoms with Gasteiger partial charge in [-0.05, 0) is 47.9 Å². The molecular formula is C20H14BrN3O2S2. The molecule has 28 heavy (non-hydrogen) atoms. The van der Waals surface area contributed by atoms with Crippen LogP contribution in [0.25, 0.3) is 17.1 Å². The molecule has 0 fully saturated rings. The van der Waals surface area contributed by atoms with Gasteiger partial charge in [-0.2, -0.15) is 13.4 Å². The van der Waals surface area contributed by atoms with Gasteiger partial charge < -0.3 is 0 Å². The zero-order valence-electron chi connectivity index (χ0n) is 14.4. The zero-order chi connectivity index (χ0) is 19.6. The largest absolute Gasteiger partial charge is 0.285 e. The highest BCUT2D eigenvalue weighted by Crippen LogP contribution is 2.22. The maximum Gasteiger partial charge on any atom is 0.285 e. The quantitative estimate of drug-likeness (QED) is 0.434. The number of aromatic nitrogens is 2. The number of para-hydroxylation sites is 1. The average molecular weight is 472 g/mol. The van der Waals surface area contributed by atoms with Crippen molar-refractivity contribution in [3.8, 4) is 17.1 Å². The molecule has 0 aliphatic carbocycles. The Morgan fingerprint density at radius 2 is 1.46 bits per heavy atom. The lowest BCUT2D eigenvalue weighted by Gasteiger charge is -2.05. The van der Waals surface area contributed by atoms with E-state index in [2.05, 4.69) is 25.3 Å². The molecule has 4 aromatic rings. The maximum atomic E-state index is 12.7. The minimum atomic E-state index is -3.86. The number of rotatable bonds is 4. The normalized spacial score (nSPS) is 12.2. The summed E-state index contributed by atoms with van der Waals surface area (Å²) in [6, 6.07) is 25.6. The van der Waals surface area contributed by atoms with Crippen LogP contribution in [0.5, 0.6) is 0 Å². The molecule has 0 aliphatic rings. The highest BCUT2D eigenvalue weighted by Gasteiger charge is 2.15. The van der Waals surface area contributed by atoms with Gasteiger partial charge in [0.05, 0.1) is 10.6 Å². The number of hydrogen-bond acceptors (Lipinski definition) is 4. The van der Waals surface area contributed by atoms with Gasteiger partial charge in [0.15, 0.2) is 5.82 Å². The van der Waals surface area contributed by atoms with Crippen molar-refractivity contribution in [3.63, 3.8) is 0 Å². The first-order valence-electron chi connectivity index (χ1n) is 8.31. The fourth-order valence-corrected chi connectivity index (χ4v) is 4.86. The van der Waals surface area contributed by atoms with E-state index in [-0.39, 0.29) is 9.70 Å². The van der Waals surface area contributed by atoms with Crippen molar-refractivity contribution < 1.29 is 8.42 Å². The van der Waals surface area contributed by atoms with Crippen LogP contribution >= 0.6 is 27.5 Å². The van der Waals surface area contributed by atoms with Gasteiger partial charge in [-0.15, -0.1) is 4.40 Å². The summed E-state index contributed by atoms with van der Waals surface area (Å²) in [5.41, 5.74) is 1.77. The van der Waals surface area contributed by atoms with E-state index in [1.807, 2.05) is 64.6 Å². The number of sulfonamides is 1. The first kappa shape index (κ1) is 18.8. The van der Waals surface area contributed by atoms with Crippen LogP contribution in [0.15, 0.2) is 98.7 Å². The van der Waals surface area contributed by atoms with Crippen molar-refractivity contribution in [3.05, 3.63) is 94.2 Å². The Bertz CT molecular complexity index is 1200. The number of halogens is 1. The van der Waals surface area contributed by atoms with E-state index < -0.39 is 10.0 Å². The SMILES string of the molecule is O=S(=O)(N=c1nc(-c2ccccc2)n(-c2ccccc2)s1)c1ccc(Br)cc1. The summed E-state index contributed by atoms with van der Waals surface area (Å²) < 4.78 is 32.0. The summed E-state index contributed by atoms with van der Waals surface area (Å²) in [6.07, 6.45) is 0. The lowest BCUT2D eigenvalue weighted by Crippen LogP contribution is -2.06. The van der Waals surface area contributed by atoms with Gasteiger partial charge in [-0.3, -0.25) is 0 Å². The van der Waals surface area contributed by atoms with E-state index in [1.54, 1.807) is 12.1 Å². The van der Waals surface area contributed by atoms with E-state index in [1.165, 1.54) is 23.7 Å². The lowest BCUT2D eigenvalue weighted by atomic mass is 10.2. The second kappa shape index (κ2) is 7.83. The van der Waals surface area contributed by atoms with Gasteiger partial charge in [0, 0.05) is 10.0 Å². The molecule has 0 saturated carbocycles. The van der Waals surface area contributed by atoms with Crippen LogP contribution in [0, 0.1) is 0 Å². The molecule has 0 spiro atoms. The summed E-state index contributed by atoms with van der Waals surface area (Å²) in [4.78, 5) is 4.81. The number of nitrogens with zero attached hydrogens (tertiary/aromatic N) is 3. The fourth-order valence-electron chi connectivity index (χ4n) is 2.59. The second-order valence-electron chi connectivity index (χ2n) is 5.83. The minimum absolute atomic E-state index is 0.124. The van der Waals surface area contributed by atoms with Crippen molar-refractivity contribution in [2.24, 2.45) is 4.40 Å². The first-order valence-corrected chi connectivity index (χ1v) is 11.3. The maximum absolute atomic E-state index is 12.7. The predicted molar refractivity (Wildman–Crippen MR) is 114 cm³/mol. The molecule has 0 unspecified atom stereocenters. The molecule has 0 saturated heterocycles. The van der Waals surface area contributed by atoms with Crippen molar-refractivity contribution in [1.29, 1.82) is 0 Å². The summed E-state index contributed by atoms with van der Waals surface area (Å²) in [6.45, 7) is 0. The minimum Gasteiger partial charge on any atom is -0.246 e. The van der Waals surface area contributed by atoms with E-state index in [9.17, 15) is 8.42 Å². The summed E-state index contributed by atoms with van der Waals surface area (Å²) in [5, 5.41) is 0. The third-order valence-electron chi connectivity index (χ3n) is 3.90. The fraction of sp³-hybridized carbons (Fsp3) is 0. The monoisotopic (exact) mass is 471 g/mol. The van der Waals surface area contributed by atoms with Crippen LogP contribution in [-0.4, -0.2) is 17.4 Å². The van der Waals surface area contributed by atoms with Gasteiger partial charge in [0.1, 0.15) is 0 Å². The number of hydrogen-bond donors (Lipinski definition) is 0. The molecule has 0 radical (unpaired) electrons. The molecule has 0 N–H and O–H groups in total. The van der Waals surface area contributed by atoms with Crippen LogP contribution in [0.4, 0.5) is 0 Å². The predicted octanol–water partition coefficient (Wildman–Crippen LogP) is 4.65. The summed E-state index contributed by atoms with van der Waals surface area (Å²) in [7, 11) is -3.86. The van der Waals surface area contributed by atoms with Crippen molar-refractivity contribution in [1.82, 2.24) is 8.94 Å². The molecular weight excluding hydrogens is 458 g/mol. The van der Waals surface area contributed by atoms with Crippen molar-refractivity contribution in [2.75, 3.05) is 0 Å². The lowest BCUT2D eigenvalue weighted by molar-refractivity contribution is 0.596. The molecule has 5 nitrogen and oxygen atoms in total. The molecule has 0 atom stereocenters. The third-order valence-corrected chi connectivity index (χ3v) is 6.74. The van der Waals surface area contributed by atoms with E-state index in [0.29, 0.717) is 5.82 Å². The molecule has 8 heteroatoms. The van der Waals surface area contributed by atoms with Crippen LogP contribution in [-0.2, 0) is 10.0 Å². The highest BCUT2D eigenvalue weighted by atomic mass is 79.9. The van der Waals surface area contributed by atoms with Gasteiger partial charge >= 0.3 is 0 Å². The summed E-state index contributed by atoms with van der Waals surface area (Å²) >= 11 is 4.49. The Kier molecular flexibility index (Phi) is 5.25. The van der Waals surface area contributed by atoms with E-state index in [4.69, 9.17) is 0 Å². The Morgan fingerprint density at radius 1 is 0.857 bits per heavy atom. The van der Waals surface area contributed by atoms with Gasteiger partial charge in [0.25, 0.3) is 10.0 Å². The van der Waals surface area contributed by atoms with Crippen molar-refractivity contribution in [2.45, 2.75) is 4.90 Å². The Labute approximate surface area is 175 Å². The van der Waals surface area contributed by atoms with Crippen LogP contribution in [0.3, 0.4) is 0 Å². The van der Waals surface area contributed by atoms with Crippen LogP contribution < -0.4 is 4.80 Å². The van der Waals surface area contributed by atoms with Crippen molar-refractivity contribution >= 4 is 37.5 Å². The summed E-state index contributed by atoms with van der Waals surface area (Å²) in [5.74, 6) is 0.640. The molecule has 0 aliphatic heterocycles.